The highest BCUT2D eigenvalue weighted by atomic mass is 35.5. The molecule has 1 rings (SSSR count). The van der Waals surface area contributed by atoms with Crippen molar-refractivity contribution in [1.82, 2.24) is 0 Å². The molecule has 0 aliphatic carbocycles. The highest BCUT2D eigenvalue weighted by molar-refractivity contribution is 6.32. The van der Waals surface area contributed by atoms with Crippen LogP contribution in [0.2, 0.25) is 5.02 Å². The first-order chi connectivity index (χ1) is 7.30. The monoisotopic (exact) mass is 248 g/mol. The van der Waals surface area contributed by atoms with E-state index in [-0.39, 0.29) is 5.41 Å². The molecule has 90 valence electrons. The molecule has 4 heteroatoms. The number of rotatable bonds is 3. The molecule has 0 spiro atoms. The number of benzene rings is 1. The minimum atomic E-state index is -2.49. The zero-order valence-corrected chi connectivity index (χ0v) is 10.3. The summed E-state index contributed by atoms with van der Waals surface area (Å²) in [6.07, 6.45) is -2.49. The van der Waals surface area contributed by atoms with Gasteiger partial charge in [-0.15, -0.1) is 0 Å². The second kappa shape index (κ2) is 5.00. The molecule has 0 saturated heterocycles. The summed E-state index contributed by atoms with van der Waals surface area (Å²) in [6.45, 7) is 5.47. The van der Waals surface area contributed by atoms with E-state index in [1.54, 1.807) is 12.1 Å². The lowest BCUT2D eigenvalue weighted by Gasteiger charge is -2.20. The highest BCUT2D eigenvalue weighted by Crippen LogP contribution is 2.31. The molecule has 0 N–H and O–H groups in total. The van der Waals surface area contributed by atoms with E-state index in [2.05, 4.69) is 0 Å². The van der Waals surface area contributed by atoms with E-state index in [4.69, 9.17) is 16.3 Å². The van der Waals surface area contributed by atoms with Gasteiger partial charge in [0.15, 0.2) is 0 Å². The Morgan fingerprint density at radius 3 is 2.44 bits per heavy atom. The fourth-order valence-electron chi connectivity index (χ4n) is 1.23. The minimum Gasteiger partial charge on any atom is -0.486 e. The Morgan fingerprint density at radius 1 is 1.31 bits per heavy atom. The van der Waals surface area contributed by atoms with Crippen LogP contribution in [0.3, 0.4) is 0 Å². The van der Waals surface area contributed by atoms with Crippen molar-refractivity contribution in [2.75, 3.05) is 6.61 Å². The zero-order chi connectivity index (χ0) is 12.3. The van der Waals surface area contributed by atoms with E-state index in [0.29, 0.717) is 10.8 Å². The molecule has 0 saturated carbocycles. The lowest BCUT2D eigenvalue weighted by molar-refractivity contribution is 0.0819. The smallest absolute Gasteiger partial charge is 0.272 e. The van der Waals surface area contributed by atoms with Crippen LogP contribution in [0.4, 0.5) is 8.78 Å². The number of alkyl halides is 2. The van der Waals surface area contributed by atoms with E-state index >= 15 is 0 Å². The first-order valence-electron chi connectivity index (χ1n) is 5.01. The molecular weight excluding hydrogens is 234 g/mol. The van der Waals surface area contributed by atoms with Crippen molar-refractivity contribution in [3.63, 3.8) is 0 Å². The second-order valence-corrected chi connectivity index (χ2v) is 5.00. The number of halogens is 3. The molecule has 0 fully saturated rings. The van der Waals surface area contributed by atoms with Crippen LogP contribution in [0.15, 0.2) is 18.2 Å². The molecule has 0 unspecified atom stereocenters. The van der Waals surface area contributed by atoms with Crippen molar-refractivity contribution in [2.45, 2.75) is 32.6 Å². The molecule has 1 aromatic carbocycles. The summed E-state index contributed by atoms with van der Waals surface area (Å²) in [5.41, 5.74) is 0.939. The van der Waals surface area contributed by atoms with Crippen LogP contribution in [0.1, 0.15) is 26.3 Å². The summed E-state index contributed by atoms with van der Waals surface area (Å²) in [7, 11) is 0. The van der Waals surface area contributed by atoms with Crippen molar-refractivity contribution in [3.05, 3.63) is 28.8 Å². The maximum absolute atomic E-state index is 12.0. The van der Waals surface area contributed by atoms with Gasteiger partial charge in [0.1, 0.15) is 12.4 Å². The predicted octanol–water partition coefficient (Wildman–Crippen LogP) is 4.28. The third kappa shape index (κ3) is 3.63. The lowest BCUT2D eigenvalue weighted by Crippen LogP contribution is -2.12. The van der Waals surface area contributed by atoms with Gasteiger partial charge in [0.2, 0.25) is 0 Å². The Hall–Kier alpha value is -0.830. The fraction of sp³-hybridized carbons (Fsp3) is 0.500. The Bertz CT molecular complexity index is 359. The van der Waals surface area contributed by atoms with Crippen LogP contribution < -0.4 is 4.74 Å². The Balaban J connectivity index is 2.91. The van der Waals surface area contributed by atoms with Gasteiger partial charge >= 0.3 is 0 Å². The zero-order valence-electron chi connectivity index (χ0n) is 9.56. The van der Waals surface area contributed by atoms with E-state index < -0.39 is 13.0 Å². The van der Waals surface area contributed by atoms with Gasteiger partial charge in [-0.3, -0.25) is 0 Å². The number of hydrogen-bond donors (Lipinski definition) is 0. The molecule has 0 radical (unpaired) electrons. The van der Waals surface area contributed by atoms with Gasteiger partial charge < -0.3 is 4.74 Å². The van der Waals surface area contributed by atoms with Crippen molar-refractivity contribution < 1.29 is 13.5 Å². The average Bonchev–Trinajstić information content (AvgIpc) is 2.14. The normalized spacial score (nSPS) is 11.9. The molecule has 16 heavy (non-hydrogen) atoms. The van der Waals surface area contributed by atoms with Gasteiger partial charge in [-0.05, 0) is 23.1 Å². The van der Waals surface area contributed by atoms with Crippen molar-refractivity contribution in [1.29, 1.82) is 0 Å². The Labute approximate surface area is 99.4 Å². The second-order valence-electron chi connectivity index (χ2n) is 4.60. The molecular formula is C12H15ClF2O. The quantitative estimate of drug-likeness (QED) is 0.776. The van der Waals surface area contributed by atoms with Crippen molar-refractivity contribution >= 4 is 11.6 Å². The van der Waals surface area contributed by atoms with Crippen LogP contribution in [0.5, 0.6) is 5.75 Å². The van der Waals surface area contributed by atoms with E-state index in [9.17, 15) is 8.78 Å². The third-order valence-corrected chi connectivity index (χ3v) is 2.47. The van der Waals surface area contributed by atoms with E-state index in [1.165, 1.54) is 0 Å². The van der Waals surface area contributed by atoms with Crippen molar-refractivity contribution in [2.24, 2.45) is 0 Å². The predicted molar refractivity (Wildman–Crippen MR) is 61.7 cm³/mol. The van der Waals surface area contributed by atoms with Crippen molar-refractivity contribution in [3.8, 4) is 5.75 Å². The molecule has 0 amide bonds. The fourth-order valence-corrected chi connectivity index (χ4v) is 1.41. The lowest BCUT2D eigenvalue weighted by atomic mass is 9.87. The van der Waals surface area contributed by atoms with Gasteiger partial charge in [0.05, 0.1) is 5.02 Å². The molecule has 0 heterocycles. The Morgan fingerprint density at radius 2 is 1.94 bits per heavy atom. The first kappa shape index (κ1) is 13.2. The van der Waals surface area contributed by atoms with E-state index in [0.717, 1.165) is 5.56 Å². The van der Waals surface area contributed by atoms with Gasteiger partial charge in [-0.1, -0.05) is 38.4 Å². The summed E-state index contributed by atoms with van der Waals surface area (Å²) in [4.78, 5) is 0. The Kier molecular flexibility index (Phi) is 4.14. The highest BCUT2D eigenvalue weighted by Gasteiger charge is 2.16. The standard InChI is InChI=1S/C12H15ClF2O/c1-12(2,3)8-4-5-9(13)10(6-8)16-7-11(14)15/h4-6,11H,7H2,1-3H3. The summed E-state index contributed by atoms with van der Waals surface area (Å²) in [5.74, 6) is 0.314. The molecule has 0 aliphatic heterocycles. The third-order valence-electron chi connectivity index (χ3n) is 2.16. The van der Waals surface area contributed by atoms with E-state index in [1.807, 2.05) is 26.8 Å². The average molecular weight is 249 g/mol. The first-order valence-corrected chi connectivity index (χ1v) is 5.39. The van der Waals surface area contributed by atoms with Crippen LogP contribution in [-0.2, 0) is 5.41 Å². The van der Waals surface area contributed by atoms with Gasteiger partial charge in [0, 0.05) is 0 Å². The summed E-state index contributed by atoms with van der Waals surface area (Å²) in [6, 6.07) is 5.26. The minimum absolute atomic E-state index is 0.0620. The van der Waals surface area contributed by atoms with Crippen LogP contribution in [0.25, 0.3) is 0 Å². The largest absolute Gasteiger partial charge is 0.486 e. The topological polar surface area (TPSA) is 9.23 Å². The summed E-state index contributed by atoms with van der Waals surface area (Å²) in [5, 5.41) is 0.355. The molecule has 1 nitrogen and oxygen atoms in total. The van der Waals surface area contributed by atoms with Crippen LogP contribution in [-0.4, -0.2) is 13.0 Å². The maximum atomic E-state index is 12.0. The van der Waals surface area contributed by atoms with Gasteiger partial charge in [-0.2, -0.15) is 0 Å². The van der Waals surface area contributed by atoms with Gasteiger partial charge in [-0.25, -0.2) is 8.78 Å². The molecule has 0 atom stereocenters. The number of hydrogen-bond acceptors (Lipinski definition) is 1. The molecule has 0 bridgehead atoms. The number of ether oxygens (including phenoxy) is 1. The van der Waals surface area contributed by atoms with Crippen LogP contribution in [0, 0.1) is 0 Å². The summed E-state index contributed by atoms with van der Waals surface area (Å²) >= 11 is 5.86. The summed E-state index contributed by atoms with van der Waals surface area (Å²) < 4.78 is 29.0. The molecule has 0 aliphatic rings. The van der Waals surface area contributed by atoms with Gasteiger partial charge in [0.25, 0.3) is 6.43 Å². The molecule has 0 aromatic heterocycles. The molecule has 1 aromatic rings. The van der Waals surface area contributed by atoms with Crippen LogP contribution >= 0.6 is 11.6 Å². The maximum Gasteiger partial charge on any atom is 0.272 e. The SMILES string of the molecule is CC(C)(C)c1ccc(Cl)c(OCC(F)F)c1.